The first kappa shape index (κ1) is 10.5. The van der Waals surface area contributed by atoms with Gasteiger partial charge in [0.2, 0.25) is 5.91 Å². The van der Waals surface area contributed by atoms with E-state index in [1.54, 1.807) is 6.20 Å². The number of allylic oxidation sites excluding steroid dienone is 1. The number of nitrogens with zero attached hydrogens (tertiary/aromatic N) is 3. The van der Waals surface area contributed by atoms with Gasteiger partial charge in [-0.3, -0.25) is 14.9 Å². The van der Waals surface area contributed by atoms with E-state index in [-0.39, 0.29) is 11.8 Å². The van der Waals surface area contributed by atoms with Gasteiger partial charge in [0.25, 0.3) is 5.91 Å². The number of carbonyl (C=O) groups excluding carboxylic acids is 2. The number of hydrogen-bond acceptors (Lipinski definition) is 4. The normalized spacial score (nSPS) is 20.7. The van der Waals surface area contributed by atoms with E-state index in [9.17, 15) is 9.59 Å². The number of hydrogen-bond donors (Lipinski definition) is 1. The molecule has 1 fully saturated rings. The molecule has 2 heterocycles. The molecule has 0 aliphatic carbocycles. The lowest BCUT2D eigenvalue weighted by Crippen LogP contribution is -2.41. The summed E-state index contributed by atoms with van der Waals surface area (Å²) in [6, 6.07) is -0.446. The Morgan fingerprint density at radius 1 is 1.62 bits per heavy atom. The second-order valence-corrected chi connectivity index (χ2v) is 3.83. The number of nitrogens with one attached hydrogen (secondary N) is 1. The van der Waals surface area contributed by atoms with Gasteiger partial charge in [-0.05, 0) is 18.9 Å². The number of amides is 2. The van der Waals surface area contributed by atoms with Crippen molar-refractivity contribution in [1.82, 2.24) is 20.3 Å². The molecule has 0 saturated carbocycles. The van der Waals surface area contributed by atoms with E-state index in [0.717, 1.165) is 5.57 Å². The summed E-state index contributed by atoms with van der Waals surface area (Å²) >= 11 is 0. The van der Waals surface area contributed by atoms with Crippen molar-refractivity contribution in [2.24, 2.45) is 0 Å². The van der Waals surface area contributed by atoms with Gasteiger partial charge >= 0.3 is 0 Å². The van der Waals surface area contributed by atoms with E-state index in [2.05, 4.69) is 22.2 Å². The summed E-state index contributed by atoms with van der Waals surface area (Å²) in [4.78, 5) is 22.5. The number of piperidine rings is 1. The molecule has 1 saturated heterocycles. The van der Waals surface area contributed by atoms with E-state index in [4.69, 9.17) is 0 Å². The third-order valence-electron chi connectivity index (χ3n) is 2.48. The van der Waals surface area contributed by atoms with E-state index >= 15 is 0 Å². The molecule has 6 heteroatoms. The standard InChI is InChI=1S/C10H12N4O2/c1-6(2)7-5-14(13-12-7)8-3-4-9(15)11-10(8)16/h5,8H,1,3-4H2,2H3,(H,11,15,16). The van der Waals surface area contributed by atoms with Gasteiger partial charge in [-0.25, -0.2) is 4.68 Å². The van der Waals surface area contributed by atoms with Crippen molar-refractivity contribution in [2.75, 3.05) is 0 Å². The maximum atomic E-state index is 11.5. The lowest BCUT2D eigenvalue weighted by Gasteiger charge is -2.20. The molecular weight excluding hydrogens is 208 g/mol. The number of aromatic nitrogens is 3. The van der Waals surface area contributed by atoms with Crippen LogP contribution in [0.2, 0.25) is 0 Å². The molecule has 1 unspecified atom stereocenters. The second-order valence-electron chi connectivity index (χ2n) is 3.83. The molecule has 2 rings (SSSR count). The molecule has 1 N–H and O–H groups in total. The van der Waals surface area contributed by atoms with Gasteiger partial charge in [-0.15, -0.1) is 5.10 Å². The minimum atomic E-state index is -0.446. The fraction of sp³-hybridized carbons (Fsp3) is 0.400. The van der Waals surface area contributed by atoms with Gasteiger partial charge in [0, 0.05) is 6.42 Å². The van der Waals surface area contributed by atoms with Crippen molar-refractivity contribution >= 4 is 17.4 Å². The Hall–Kier alpha value is -1.98. The molecule has 1 aromatic rings. The van der Waals surface area contributed by atoms with Gasteiger partial charge < -0.3 is 0 Å². The smallest absolute Gasteiger partial charge is 0.251 e. The number of rotatable bonds is 2. The minimum absolute atomic E-state index is 0.235. The Bertz CT molecular complexity index is 463. The topological polar surface area (TPSA) is 76.9 Å². The van der Waals surface area contributed by atoms with Crippen LogP contribution in [-0.4, -0.2) is 26.8 Å². The predicted molar refractivity (Wildman–Crippen MR) is 56.2 cm³/mol. The highest BCUT2D eigenvalue weighted by Gasteiger charge is 2.28. The molecule has 0 bridgehead atoms. The van der Waals surface area contributed by atoms with Crippen LogP contribution >= 0.6 is 0 Å². The summed E-state index contributed by atoms with van der Waals surface area (Å²) in [5.74, 6) is -0.559. The average Bonchev–Trinajstić information content (AvgIpc) is 2.66. The van der Waals surface area contributed by atoms with Crippen molar-refractivity contribution in [3.8, 4) is 0 Å². The van der Waals surface area contributed by atoms with Crippen molar-refractivity contribution in [3.63, 3.8) is 0 Å². The monoisotopic (exact) mass is 220 g/mol. The zero-order valence-electron chi connectivity index (χ0n) is 8.93. The van der Waals surface area contributed by atoms with E-state index in [1.165, 1.54) is 4.68 Å². The first-order valence-corrected chi connectivity index (χ1v) is 4.99. The molecule has 0 aromatic carbocycles. The highest BCUT2D eigenvalue weighted by atomic mass is 16.2. The second kappa shape index (κ2) is 3.88. The van der Waals surface area contributed by atoms with Gasteiger partial charge in [0.05, 0.1) is 6.20 Å². The van der Waals surface area contributed by atoms with Gasteiger partial charge in [-0.1, -0.05) is 11.8 Å². The summed E-state index contributed by atoms with van der Waals surface area (Å²) in [6.07, 6.45) is 2.46. The summed E-state index contributed by atoms with van der Waals surface area (Å²) < 4.78 is 1.48. The van der Waals surface area contributed by atoms with Crippen LogP contribution < -0.4 is 5.32 Å². The maximum absolute atomic E-state index is 11.5. The molecule has 84 valence electrons. The van der Waals surface area contributed by atoms with Crippen LogP contribution in [0.15, 0.2) is 12.8 Å². The zero-order valence-corrected chi connectivity index (χ0v) is 8.93. The fourth-order valence-corrected chi connectivity index (χ4v) is 1.56. The molecular formula is C10H12N4O2. The van der Waals surface area contributed by atoms with Crippen LogP contribution in [-0.2, 0) is 9.59 Å². The Balaban J connectivity index is 2.20. The number of imide groups is 1. The van der Waals surface area contributed by atoms with Crippen LogP contribution in [0.1, 0.15) is 31.5 Å². The Morgan fingerprint density at radius 3 is 2.94 bits per heavy atom. The Labute approximate surface area is 92.3 Å². The van der Waals surface area contributed by atoms with Gasteiger partial charge in [0.15, 0.2) is 0 Å². The van der Waals surface area contributed by atoms with E-state index in [1.807, 2.05) is 6.92 Å². The number of carbonyl (C=O) groups is 2. The maximum Gasteiger partial charge on any atom is 0.251 e. The Morgan fingerprint density at radius 2 is 2.38 bits per heavy atom. The predicted octanol–water partition coefficient (Wildman–Crippen LogP) is 0.289. The average molecular weight is 220 g/mol. The molecule has 1 atom stereocenters. The van der Waals surface area contributed by atoms with E-state index in [0.29, 0.717) is 18.5 Å². The zero-order chi connectivity index (χ0) is 11.7. The molecule has 1 aromatic heterocycles. The first-order valence-electron chi connectivity index (χ1n) is 4.99. The third kappa shape index (κ3) is 1.86. The first-order chi connectivity index (χ1) is 7.58. The summed E-state index contributed by atoms with van der Waals surface area (Å²) in [7, 11) is 0. The highest BCUT2D eigenvalue weighted by molar-refractivity contribution is 5.99. The van der Waals surface area contributed by atoms with Crippen molar-refractivity contribution in [3.05, 3.63) is 18.5 Å². The molecule has 1 aliphatic rings. The fourth-order valence-electron chi connectivity index (χ4n) is 1.56. The summed E-state index contributed by atoms with van der Waals surface area (Å²) in [6.45, 7) is 5.56. The molecule has 0 radical (unpaired) electrons. The molecule has 1 aliphatic heterocycles. The lowest BCUT2D eigenvalue weighted by atomic mass is 10.1. The molecule has 2 amide bonds. The SMILES string of the molecule is C=C(C)c1cn(C2CCC(=O)NC2=O)nn1. The minimum Gasteiger partial charge on any atom is -0.295 e. The van der Waals surface area contributed by atoms with Crippen LogP contribution in [0.4, 0.5) is 0 Å². The lowest BCUT2D eigenvalue weighted by molar-refractivity contribution is -0.136. The highest BCUT2D eigenvalue weighted by Crippen LogP contribution is 2.18. The quantitative estimate of drug-likeness (QED) is 0.727. The van der Waals surface area contributed by atoms with E-state index < -0.39 is 6.04 Å². The molecule has 0 spiro atoms. The molecule has 6 nitrogen and oxygen atoms in total. The van der Waals surface area contributed by atoms with Gasteiger partial charge in [-0.2, -0.15) is 0 Å². The Kier molecular flexibility index (Phi) is 2.55. The largest absolute Gasteiger partial charge is 0.295 e. The van der Waals surface area contributed by atoms with Crippen molar-refractivity contribution < 1.29 is 9.59 Å². The summed E-state index contributed by atoms with van der Waals surface area (Å²) in [5.41, 5.74) is 1.45. The van der Waals surface area contributed by atoms with Crippen LogP contribution in [0.25, 0.3) is 5.57 Å². The van der Waals surface area contributed by atoms with Crippen LogP contribution in [0, 0.1) is 0 Å². The van der Waals surface area contributed by atoms with Gasteiger partial charge in [0.1, 0.15) is 11.7 Å². The third-order valence-corrected chi connectivity index (χ3v) is 2.48. The summed E-state index contributed by atoms with van der Waals surface area (Å²) in [5, 5.41) is 10.0. The van der Waals surface area contributed by atoms with Crippen molar-refractivity contribution in [2.45, 2.75) is 25.8 Å². The van der Waals surface area contributed by atoms with Crippen LogP contribution in [0.3, 0.4) is 0 Å². The molecule has 16 heavy (non-hydrogen) atoms. The van der Waals surface area contributed by atoms with Crippen molar-refractivity contribution in [1.29, 1.82) is 0 Å². The van der Waals surface area contributed by atoms with Crippen LogP contribution in [0.5, 0.6) is 0 Å².